The molecule has 2 aromatic heterocycles. The van der Waals surface area contributed by atoms with Crippen LogP contribution in [0.4, 0.5) is 5.69 Å². The first-order chi connectivity index (χ1) is 18.1. The van der Waals surface area contributed by atoms with E-state index in [9.17, 15) is 9.90 Å². The van der Waals surface area contributed by atoms with E-state index in [1.54, 1.807) is 19.4 Å². The van der Waals surface area contributed by atoms with Gasteiger partial charge in [0, 0.05) is 35.8 Å². The lowest BCUT2D eigenvalue weighted by molar-refractivity contribution is -0.122. The molecule has 2 aliphatic rings. The van der Waals surface area contributed by atoms with E-state index in [1.165, 1.54) is 11.8 Å². The molecule has 192 valence electrons. The summed E-state index contributed by atoms with van der Waals surface area (Å²) in [5.41, 5.74) is 2.58. The molecule has 0 aliphatic carbocycles. The van der Waals surface area contributed by atoms with Crippen LogP contribution < -0.4 is 0 Å². The Morgan fingerprint density at radius 2 is 2.16 bits per heavy atom. The maximum Gasteiger partial charge on any atom is 0.304 e. The number of amides is 1. The van der Waals surface area contributed by atoms with Crippen molar-refractivity contribution in [1.82, 2.24) is 14.5 Å². The van der Waals surface area contributed by atoms with E-state index < -0.39 is 5.91 Å². The minimum absolute atomic E-state index is 0.0362. The van der Waals surface area contributed by atoms with Crippen LogP contribution in [0.25, 0.3) is 10.9 Å². The average Bonchev–Trinajstić information content (AvgIpc) is 3.56. The molecule has 11 heteroatoms. The number of carbonyl (C=O) groups is 1. The summed E-state index contributed by atoms with van der Waals surface area (Å²) in [5, 5.41) is 25.5. The average molecular weight is 521 g/mol. The number of rotatable bonds is 8. The van der Waals surface area contributed by atoms with Gasteiger partial charge in [-0.15, -0.1) is 10.2 Å². The molecule has 1 saturated heterocycles. The van der Waals surface area contributed by atoms with Crippen molar-refractivity contribution in [2.24, 2.45) is 15.4 Å². The van der Waals surface area contributed by atoms with Gasteiger partial charge in [-0.3, -0.25) is 19.2 Å². The highest BCUT2D eigenvalue weighted by molar-refractivity contribution is 8.03. The molecule has 0 bridgehead atoms. The fraction of sp³-hybridized carbons (Fsp3) is 0.346. The van der Waals surface area contributed by atoms with Gasteiger partial charge in [-0.2, -0.15) is 0 Å². The van der Waals surface area contributed by atoms with Crippen LogP contribution in [0.15, 0.2) is 75.8 Å². The Kier molecular flexibility index (Phi) is 7.81. The molecule has 2 aliphatic heterocycles. The fourth-order valence-electron chi connectivity index (χ4n) is 4.61. The van der Waals surface area contributed by atoms with E-state index in [2.05, 4.69) is 31.3 Å². The van der Waals surface area contributed by atoms with Crippen molar-refractivity contribution in [3.8, 4) is 5.88 Å². The van der Waals surface area contributed by atoms with Crippen molar-refractivity contribution in [3.05, 3.63) is 66.0 Å². The third-order valence-corrected chi connectivity index (χ3v) is 7.35. The molecule has 37 heavy (non-hydrogen) atoms. The standard InChI is InChI=1S/C26H28N6O4S/c1-18(26-35-13-14-37-26)30-36-16-23(33)28-29-24-20-8-2-3-10-22(20)32(25(24)34)17-31-12-5-4-9-21(31)19-7-6-11-27-15-19/h2-3,6-8,10-11,13-15,21,26,34H,4-5,9,12,16-17H2,1H3/b29-28?,30-18-/t21-,26-/m0/s1. The monoisotopic (exact) mass is 520 g/mol. The van der Waals surface area contributed by atoms with E-state index in [0.717, 1.165) is 36.9 Å². The first kappa shape index (κ1) is 25.0. The van der Waals surface area contributed by atoms with Crippen molar-refractivity contribution >= 4 is 40.0 Å². The Morgan fingerprint density at radius 3 is 2.97 bits per heavy atom. The number of aromatic hydroxyl groups is 1. The van der Waals surface area contributed by atoms with Crippen molar-refractivity contribution in [3.63, 3.8) is 0 Å². The quantitative estimate of drug-likeness (QED) is 0.237. The highest BCUT2D eigenvalue weighted by atomic mass is 32.2. The SMILES string of the molecule is C/C(=N/OCC(=O)N=Nc1c(O)n(CN2CCCC[C@H]2c2cccnc2)c2ccccc12)[C@H]1OC=CS1. The summed E-state index contributed by atoms with van der Waals surface area (Å²) in [6.07, 6.45) is 8.52. The number of fused-ring (bicyclic) bond motifs is 1. The van der Waals surface area contributed by atoms with Gasteiger partial charge in [0.05, 0.1) is 18.4 Å². The van der Waals surface area contributed by atoms with E-state index in [-0.39, 0.29) is 29.7 Å². The third kappa shape index (κ3) is 5.67. The van der Waals surface area contributed by atoms with Crippen molar-refractivity contribution in [2.75, 3.05) is 13.2 Å². The van der Waals surface area contributed by atoms with Crippen LogP contribution in [0.3, 0.4) is 0 Å². The summed E-state index contributed by atoms with van der Waals surface area (Å²) < 4.78 is 7.15. The second-order valence-corrected chi connectivity index (χ2v) is 9.82. The Morgan fingerprint density at radius 1 is 1.27 bits per heavy atom. The largest absolute Gasteiger partial charge is 0.493 e. The molecule has 4 heterocycles. The van der Waals surface area contributed by atoms with Crippen LogP contribution in [-0.4, -0.2) is 49.8 Å². The smallest absolute Gasteiger partial charge is 0.304 e. The zero-order valence-electron chi connectivity index (χ0n) is 20.4. The molecule has 0 radical (unpaired) electrons. The molecular weight excluding hydrogens is 492 g/mol. The molecule has 10 nitrogen and oxygen atoms in total. The summed E-state index contributed by atoms with van der Waals surface area (Å²) >= 11 is 1.46. The highest BCUT2D eigenvalue weighted by Crippen LogP contribution is 2.40. The van der Waals surface area contributed by atoms with Gasteiger partial charge in [-0.05, 0) is 37.5 Å². The zero-order chi connectivity index (χ0) is 25.6. The van der Waals surface area contributed by atoms with Gasteiger partial charge in [0.15, 0.2) is 17.7 Å². The minimum atomic E-state index is -0.612. The minimum Gasteiger partial charge on any atom is -0.493 e. The number of azo groups is 1. The zero-order valence-corrected chi connectivity index (χ0v) is 21.3. The first-order valence-electron chi connectivity index (χ1n) is 12.1. The van der Waals surface area contributed by atoms with E-state index in [1.807, 2.05) is 46.5 Å². The lowest BCUT2D eigenvalue weighted by Crippen LogP contribution is -2.34. The predicted molar refractivity (Wildman–Crippen MR) is 141 cm³/mol. The van der Waals surface area contributed by atoms with Crippen LogP contribution >= 0.6 is 11.8 Å². The molecule has 1 fully saturated rings. The summed E-state index contributed by atoms with van der Waals surface area (Å²) in [5.74, 6) is -0.649. The maximum absolute atomic E-state index is 12.3. The Labute approximate surface area is 218 Å². The lowest BCUT2D eigenvalue weighted by Gasteiger charge is -2.36. The van der Waals surface area contributed by atoms with Gasteiger partial charge in [0.2, 0.25) is 5.88 Å². The Hall–Kier alpha value is -3.70. The van der Waals surface area contributed by atoms with Crippen LogP contribution in [0.5, 0.6) is 5.88 Å². The van der Waals surface area contributed by atoms with Crippen LogP contribution in [0.1, 0.15) is 37.8 Å². The molecular formula is C26H28N6O4S. The molecule has 2 atom stereocenters. The number of carbonyl (C=O) groups excluding carboxylic acids is 1. The summed E-state index contributed by atoms with van der Waals surface area (Å²) in [6, 6.07) is 11.8. The summed E-state index contributed by atoms with van der Waals surface area (Å²) in [6.45, 7) is 2.76. The van der Waals surface area contributed by atoms with Crippen LogP contribution in [0.2, 0.25) is 0 Å². The molecule has 1 N–H and O–H groups in total. The number of hydrogen-bond acceptors (Lipinski definition) is 9. The lowest BCUT2D eigenvalue weighted by atomic mass is 9.97. The normalized spacial score (nSPS) is 20.5. The van der Waals surface area contributed by atoms with Crippen molar-refractivity contribution < 1.29 is 19.5 Å². The number of likely N-dealkylation sites (tertiary alicyclic amines) is 1. The number of piperidine rings is 1. The molecule has 0 spiro atoms. The molecule has 5 rings (SSSR count). The van der Waals surface area contributed by atoms with E-state index in [4.69, 9.17) is 9.57 Å². The Bertz CT molecular complexity index is 1330. The van der Waals surface area contributed by atoms with Crippen molar-refractivity contribution in [1.29, 1.82) is 0 Å². The first-order valence-corrected chi connectivity index (χ1v) is 13.1. The number of oxime groups is 1. The van der Waals surface area contributed by atoms with Gasteiger partial charge in [-0.1, -0.05) is 47.6 Å². The molecule has 3 aromatic rings. The van der Waals surface area contributed by atoms with E-state index >= 15 is 0 Å². The second-order valence-electron chi connectivity index (χ2n) is 8.85. The van der Waals surface area contributed by atoms with Crippen LogP contribution in [-0.2, 0) is 21.0 Å². The number of ether oxygens (including phenoxy) is 1. The summed E-state index contributed by atoms with van der Waals surface area (Å²) in [7, 11) is 0. The van der Waals surface area contributed by atoms with Gasteiger partial charge >= 0.3 is 5.91 Å². The van der Waals surface area contributed by atoms with Gasteiger partial charge in [0.25, 0.3) is 0 Å². The van der Waals surface area contributed by atoms with Gasteiger partial charge in [-0.25, -0.2) is 0 Å². The number of benzene rings is 1. The Balaban J connectivity index is 1.32. The number of pyridine rings is 1. The fourth-order valence-corrected chi connectivity index (χ4v) is 5.25. The number of hydrogen-bond donors (Lipinski definition) is 1. The van der Waals surface area contributed by atoms with Gasteiger partial charge < -0.3 is 14.7 Å². The number of nitrogens with zero attached hydrogens (tertiary/aromatic N) is 6. The number of aromatic nitrogens is 2. The number of thioether (sulfide) groups is 1. The van der Waals surface area contributed by atoms with E-state index in [0.29, 0.717) is 17.8 Å². The van der Waals surface area contributed by atoms with Gasteiger partial charge in [0.1, 0.15) is 5.71 Å². The topological polar surface area (TPSA) is 114 Å². The molecule has 1 amide bonds. The third-order valence-electron chi connectivity index (χ3n) is 6.38. The maximum atomic E-state index is 12.3. The molecule has 0 saturated carbocycles. The van der Waals surface area contributed by atoms with Crippen molar-refractivity contribution in [2.45, 2.75) is 44.3 Å². The summed E-state index contributed by atoms with van der Waals surface area (Å²) in [4.78, 5) is 24.0. The highest BCUT2D eigenvalue weighted by Gasteiger charge is 2.27. The molecule has 0 unspecified atom stereocenters. The van der Waals surface area contributed by atoms with Crippen LogP contribution in [0, 0.1) is 0 Å². The predicted octanol–water partition coefficient (Wildman–Crippen LogP) is 5.49. The second kappa shape index (κ2) is 11.6. The molecule has 1 aromatic carbocycles. The number of para-hydroxylation sites is 1.